The van der Waals surface area contributed by atoms with Crippen molar-refractivity contribution in [3.63, 3.8) is 0 Å². The number of thiocarbonyl (C=S) groups is 1. The number of fused-ring (bicyclic) bond motifs is 1. The second-order valence-electron chi connectivity index (χ2n) is 2.73. The number of hydrogen-bond acceptors (Lipinski definition) is 3. The van der Waals surface area contributed by atoms with E-state index in [0.717, 1.165) is 16.9 Å². The highest BCUT2D eigenvalue weighted by molar-refractivity contribution is 7.78. The van der Waals surface area contributed by atoms with E-state index in [1.54, 1.807) is 0 Å². The van der Waals surface area contributed by atoms with Crippen molar-refractivity contribution >= 4 is 34.7 Å². The van der Waals surface area contributed by atoms with Crippen LogP contribution >= 0.6 is 12.2 Å². The van der Waals surface area contributed by atoms with Gasteiger partial charge in [-0.2, -0.15) is 4.99 Å². The molecule has 0 unspecified atom stereocenters. The number of hydrogen-bond donors (Lipinski definition) is 1. The summed E-state index contributed by atoms with van der Waals surface area (Å²) in [7, 11) is 0. The highest BCUT2D eigenvalue weighted by Crippen LogP contribution is 2.31. The van der Waals surface area contributed by atoms with Gasteiger partial charge in [-0.1, -0.05) is 6.07 Å². The van der Waals surface area contributed by atoms with Crippen LogP contribution in [0, 0.1) is 0 Å². The molecule has 0 fully saturated rings. The number of amides is 1. The Kier molecular flexibility index (Phi) is 1.93. The molecule has 0 saturated carbocycles. The van der Waals surface area contributed by atoms with Gasteiger partial charge in [0.1, 0.15) is 0 Å². The molecule has 1 aliphatic heterocycles. The van der Waals surface area contributed by atoms with E-state index >= 15 is 0 Å². The fourth-order valence-electron chi connectivity index (χ4n) is 1.39. The van der Waals surface area contributed by atoms with Crippen molar-refractivity contribution in [2.45, 2.75) is 6.42 Å². The molecule has 0 saturated heterocycles. The molecule has 0 radical (unpaired) electrons. The molecule has 0 spiro atoms. The van der Waals surface area contributed by atoms with E-state index in [1.165, 1.54) is 0 Å². The number of nitrogens with zero attached hydrogens (tertiary/aromatic N) is 1. The molecule has 0 aliphatic carbocycles. The molecule has 3 nitrogen and oxygen atoms in total. The van der Waals surface area contributed by atoms with Gasteiger partial charge in [0.2, 0.25) is 5.91 Å². The minimum absolute atomic E-state index is 0.00187. The summed E-state index contributed by atoms with van der Waals surface area (Å²) >= 11 is 4.51. The van der Waals surface area contributed by atoms with Crippen LogP contribution in [0.5, 0.6) is 0 Å². The Labute approximate surface area is 80.5 Å². The maximum Gasteiger partial charge on any atom is 0.228 e. The van der Waals surface area contributed by atoms with Crippen LogP contribution in [0.2, 0.25) is 0 Å². The average molecular weight is 190 g/mol. The van der Waals surface area contributed by atoms with E-state index < -0.39 is 0 Å². The minimum Gasteiger partial charge on any atom is -0.325 e. The molecule has 0 bridgehead atoms. The standard InChI is InChI=1S/C9H6N2OS/c12-9-4-6-7(10-5-13)2-1-3-8(6)11-9/h1-3H,4H2,(H,11,12). The first kappa shape index (κ1) is 8.10. The van der Waals surface area contributed by atoms with Gasteiger partial charge in [-0.3, -0.25) is 4.79 Å². The summed E-state index contributed by atoms with van der Waals surface area (Å²) in [6.45, 7) is 0. The molecule has 0 atom stereocenters. The Morgan fingerprint density at radius 2 is 2.38 bits per heavy atom. The molecular weight excluding hydrogens is 184 g/mol. The summed E-state index contributed by atoms with van der Waals surface area (Å²) in [5.74, 6) is 0.00187. The zero-order valence-electron chi connectivity index (χ0n) is 6.70. The van der Waals surface area contributed by atoms with Gasteiger partial charge in [-0.15, -0.1) is 0 Å². The van der Waals surface area contributed by atoms with Crippen molar-refractivity contribution in [2.24, 2.45) is 4.99 Å². The number of anilines is 1. The normalized spacial score (nSPS) is 13.1. The number of carbonyl (C=O) groups is 1. The highest BCUT2D eigenvalue weighted by atomic mass is 32.1. The number of nitrogens with one attached hydrogen (secondary N) is 1. The van der Waals surface area contributed by atoms with Gasteiger partial charge in [0.05, 0.1) is 17.3 Å². The van der Waals surface area contributed by atoms with Crippen LogP contribution in [-0.2, 0) is 11.2 Å². The van der Waals surface area contributed by atoms with Crippen molar-refractivity contribution in [3.8, 4) is 0 Å². The van der Waals surface area contributed by atoms with Crippen LogP contribution in [0.15, 0.2) is 23.2 Å². The lowest BCUT2D eigenvalue weighted by Gasteiger charge is -1.99. The highest BCUT2D eigenvalue weighted by Gasteiger charge is 2.19. The monoisotopic (exact) mass is 190 g/mol. The second-order valence-corrected chi connectivity index (χ2v) is 2.91. The van der Waals surface area contributed by atoms with Crippen LogP contribution in [-0.4, -0.2) is 11.1 Å². The number of rotatable bonds is 1. The quantitative estimate of drug-likeness (QED) is 0.543. The van der Waals surface area contributed by atoms with Crippen LogP contribution < -0.4 is 5.32 Å². The third-order valence-electron chi connectivity index (χ3n) is 1.93. The van der Waals surface area contributed by atoms with Crippen molar-refractivity contribution in [1.82, 2.24) is 0 Å². The molecule has 1 aromatic carbocycles. The zero-order chi connectivity index (χ0) is 9.26. The van der Waals surface area contributed by atoms with Crippen molar-refractivity contribution in [3.05, 3.63) is 23.8 Å². The Morgan fingerprint density at radius 1 is 1.54 bits per heavy atom. The van der Waals surface area contributed by atoms with Crippen LogP contribution in [0.3, 0.4) is 0 Å². The molecule has 1 amide bonds. The second kappa shape index (κ2) is 3.09. The first-order valence-corrected chi connectivity index (χ1v) is 4.21. The predicted molar refractivity (Wildman–Crippen MR) is 53.5 cm³/mol. The van der Waals surface area contributed by atoms with Gasteiger partial charge in [0.15, 0.2) is 0 Å². The van der Waals surface area contributed by atoms with E-state index in [9.17, 15) is 4.79 Å². The Morgan fingerprint density at radius 3 is 3.15 bits per heavy atom. The zero-order valence-corrected chi connectivity index (χ0v) is 7.52. The van der Waals surface area contributed by atoms with Crippen molar-refractivity contribution in [2.75, 3.05) is 5.32 Å². The fourth-order valence-corrected chi connectivity index (χ4v) is 1.48. The maximum absolute atomic E-state index is 11.1. The van der Waals surface area contributed by atoms with Gasteiger partial charge >= 0.3 is 0 Å². The third kappa shape index (κ3) is 1.37. The molecule has 1 heterocycles. The molecule has 4 heteroatoms. The van der Waals surface area contributed by atoms with E-state index in [1.807, 2.05) is 18.2 Å². The topological polar surface area (TPSA) is 41.5 Å². The van der Waals surface area contributed by atoms with Gasteiger partial charge in [-0.05, 0) is 24.4 Å². The molecule has 1 aromatic rings. The lowest BCUT2D eigenvalue weighted by Crippen LogP contribution is -2.03. The number of aliphatic imine (C=N–C) groups is 1. The molecule has 0 aromatic heterocycles. The van der Waals surface area contributed by atoms with Crippen LogP contribution in [0.4, 0.5) is 11.4 Å². The fraction of sp³-hybridized carbons (Fsp3) is 0.111. The SMILES string of the molecule is O=C1Cc2c(N=C=S)cccc2N1. The Balaban J connectivity index is 2.57. The van der Waals surface area contributed by atoms with E-state index in [-0.39, 0.29) is 5.91 Å². The number of benzene rings is 1. The summed E-state index contributed by atoms with van der Waals surface area (Å²) in [4.78, 5) is 14.9. The maximum atomic E-state index is 11.1. The number of isothiocyanates is 1. The summed E-state index contributed by atoms with van der Waals surface area (Å²) in [6.07, 6.45) is 0.381. The van der Waals surface area contributed by atoms with Gasteiger partial charge in [-0.25, -0.2) is 0 Å². The van der Waals surface area contributed by atoms with Gasteiger partial charge < -0.3 is 5.32 Å². The third-order valence-corrected chi connectivity index (χ3v) is 2.02. The molecule has 1 N–H and O–H groups in total. The largest absolute Gasteiger partial charge is 0.325 e. The summed E-state index contributed by atoms with van der Waals surface area (Å²) in [5.41, 5.74) is 2.47. The van der Waals surface area contributed by atoms with Crippen LogP contribution in [0.1, 0.15) is 5.56 Å². The van der Waals surface area contributed by atoms with E-state index in [0.29, 0.717) is 6.42 Å². The first-order valence-electron chi connectivity index (χ1n) is 3.81. The van der Waals surface area contributed by atoms with Crippen molar-refractivity contribution in [1.29, 1.82) is 0 Å². The summed E-state index contributed by atoms with van der Waals surface area (Å²) < 4.78 is 0. The van der Waals surface area contributed by atoms with Gasteiger partial charge in [0, 0.05) is 11.3 Å². The minimum atomic E-state index is 0.00187. The summed E-state index contributed by atoms with van der Waals surface area (Å²) in [6, 6.07) is 5.50. The summed E-state index contributed by atoms with van der Waals surface area (Å²) in [5, 5.41) is 5.03. The van der Waals surface area contributed by atoms with E-state index in [2.05, 4.69) is 27.7 Å². The number of carbonyl (C=O) groups excluding carboxylic acids is 1. The molecule has 13 heavy (non-hydrogen) atoms. The predicted octanol–water partition coefficient (Wildman–Crippen LogP) is 1.92. The van der Waals surface area contributed by atoms with Crippen LogP contribution in [0.25, 0.3) is 0 Å². The van der Waals surface area contributed by atoms with Crippen molar-refractivity contribution < 1.29 is 4.79 Å². The molecule has 64 valence electrons. The lowest BCUT2D eigenvalue weighted by atomic mass is 10.1. The lowest BCUT2D eigenvalue weighted by molar-refractivity contribution is -0.115. The van der Waals surface area contributed by atoms with Gasteiger partial charge in [0.25, 0.3) is 0 Å². The Hall–Kier alpha value is -1.51. The van der Waals surface area contributed by atoms with E-state index in [4.69, 9.17) is 0 Å². The molecule has 2 rings (SSSR count). The molecule has 1 aliphatic rings. The molecular formula is C9H6N2OS. The first-order chi connectivity index (χ1) is 6.31. The smallest absolute Gasteiger partial charge is 0.228 e. The Bertz CT molecular complexity index is 422. The average Bonchev–Trinajstić information content (AvgIpc) is 2.47.